The maximum atomic E-state index is 14.1. The lowest BCUT2D eigenvalue weighted by molar-refractivity contribution is 0.00571. The number of amides is 1. The minimum Gasteiger partial charge on any atom is -0.444 e. The van der Waals surface area contributed by atoms with Crippen LogP contribution in [0.2, 0.25) is 0 Å². The molecule has 13 heteroatoms. The third-order valence-corrected chi connectivity index (χ3v) is 9.93. The van der Waals surface area contributed by atoms with Crippen LogP contribution in [0.4, 0.5) is 25.2 Å². The van der Waals surface area contributed by atoms with Crippen LogP contribution < -0.4 is 9.80 Å². The molecular formula is C32H48F2N8O3. The first-order valence-electron chi connectivity index (χ1n) is 16.4. The minimum absolute atomic E-state index is 0.0961. The second-order valence-corrected chi connectivity index (χ2v) is 14.2. The molecule has 5 atom stereocenters. The number of anilines is 2. The van der Waals surface area contributed by atoms with Gasteiger partial charge in [-0.15, -0.1) is 0 Å². The van der Waals surface area contributed by atoms with Gasteiger partial charge in [0.15, 0.2) is 5.82 Å². The van der Waals surface area contributed by atoms with Crippen LogP contribution >= 0.6 is 0 Å². The predicted octanol–water partition coefficient (Wildman–Crippen LogP) is 4.64. The zero-order valence-corrected chi connectivity index (χ0v) is 27.5. The number of hydrogen-bond donors (Lipinski definition) is 0. The predicted molar refractivity (Wildman–Crippen MR) is 167 cm³/mol. The normalized spacial score (nSPS) is 28.1. The molecule has 4 saturated heterocycles. The summed E-state index contributed by atoms with van der Waals surface area (Å²) in [6.07, 6.45) is 0.793. The molecule has 11 nitrogen and oxygen atoms in total. The van der Waals surface area contributed by atoms with E-state index in [-0.39, 0.29) is 30.1 Å². The Morgan fingerprint density at radius 1 is 1.04 bits per heavy atom. The van der Waals surface area contributed by atoms with Crippen molar-refractivity contribution in [1.82, 2.24) is 29.5 Å². The third-order valence-electron chi connectivity index (χ3n) is 9.93. The largest absolute Gasteiger partial charge is 0.444 e. The Kier molecular flexibility index (Phi) is 8.95. The van der Waals surface area contributed by atoms with Crippen molar-refractivity contribution in [2.75, 3.05) is 68.8 Å². The third kappa shape index (κ3) is 6.61. The number of piperazine rings is 1. The van der Waals surface area contributed by atoms with Gasteiger partial charge in [0, 0.05) is 82.2 Å². The minimum atomic E-state index is -2.75. The van der Waals surface area contributed by atoms with E-state index in [2.05, 4.69) is 50.1 Å². The fraction of sp³-hybridized carbons (Fsp3) is 0.750. The molecule has 4 aliphatic rings. The smallest absolute Gasteiger partial charge is 0.410 e. The molecule has 0 bridgehead atoms. The summed E-state index contributed by atoms with van der Waals surface area (Å²) in [5.74, 6) is 1.31. The number of aromatic nitrogens is 4. The van der Waals surface area contributed by atoms with Crippen molar-refractivity contribution in [2.45, 2.75) is 90.5 Å². The second-order valence-electron chi connectivity index (χ2n) is 14.2. The lowest BCUT2D eigenvalue weighted by Gasteiger charge is -2.53. The van der Waals surface area contributed by atoms with Gasteiger partial charge in [0.05, 0.1) is 18.8 Å². The van der Waals surface area contributed by atoms with Crippen molar-refractivity contribution in [3.05, 3.63) is 29.3 Å². The number of nitrogens with zero attached hydrogens (tertiary/aromatic N) is 8. The van der Waals surface area contributed by atoms with Crippen LogP contribution in [0.25, 0.3) is 0 Å². The quantitative estimate of drug-likeness (QED) is 0.453. The number of alkyl halides is 2. The van der Waals surface area contributed by atoms with Gasteiger partial charge in [0.1, 0.15) is 17.2 Å². The lowest BCUT2D eigenvalue weighted by Crippen LogP contribution is -2.68. The molecule has 2 aromatic heterocycles. The van der Waals surface area contributed by atoms with Gasteiger partial charge in [-0.2, -0.15) is 5.10 Å². The van der Waals surface area contributed by atoms with Crippen LogP contribution in [0.1, 0.15) is 82.9 Å². The van der Waals surface area contributed by atoms with E-state index in [0.717, 1.165) is 45.6 Å². The van der Waals surface area contributed by atoms with Crippen LogP contribution in [-0.2, 0) is 9.47 Å². The monoisotopic (exact) mass is 630 g/mol. The Hall–Kier alpha value is -3.06. The Labute approximate surface area is 264 Å². The van der Waals surface area contributed by atoms with E-state index in [1.807, 2.05) is 33.0 Å². The molecule has 45 heavy (non-hydrogen) atoms. The van der Waals surface area contributed by atoms with Crippen LogP contribution in [-0.4, -0.2) is 112 Å². The number of piperidine rings is 1. The van der Waals surface area contributed by atoms with Crippen molar-refractivity contribution >= 4 is 17.7 Å². The van der Waals surface area contributed by atoms with Crippen molar-refractivity contribution in [2.24, 2.45) is 5.92 Å². The number of rotatable bonds is 6. The van der Waals surface area contributed by atoms with E-state index in [1.54, 1.807) is 4.90 Å². The molecule has 248 valence electrons. The zero-order valence-electron chi connectivity index (χ0n) is 27.5. The Bertz CT molecular complexity index is 1350. The number of halogens is 2. The first-order chi connectivity index (χ1) is 21.4. The highest BCUT2D eigenvalue weighted by atomic mass is 19.3. The van der Waals surface area contributed by atoms with Crippen LogP contribution in [0.3, 0.4) is 0 Å². The summed E-state index contributed by atoms with van der Waals surface area (Å²) in [5, 5.41) is 4.72. The molecule has 6 heterocycles. The topological polar surface area (TPSA) is 92.1 Å². The van der Waals surface area contributed by atoms with Gasteiger partial charge >= 0.3 is 6.09 Å². The molecule has 0 spiro atoms. The number of carbonyl (C=O) groups excluding carboxylic acids is 1. The highest BCUT2D eigenvalue weighted by Gasteiger charge is 2.42. The SMILES string of the molecule is Cc1cnn([C@H]2CCOC2)c1[C@@H]1CCN(c2cc(N3C[C@@H](N4CCN(C(=O)OC(C)(C)C)CC4)[C@H]3C)nc(C(F)F)n2)C[C@H]1C. The zero-order chi connectivity index (χ0) is 32.0. The van der Waals surface area contributed by atoms with Crippen molar-refractivity contribution in [1.29, 1.82) is 0 Å². The molecule has 6 rings (SSSR count). The van der Waals surface area contributed by atoms with E-state index in [1.165, 1.54) is 11.3 Å². The van der Waals surface area contributed by atoms with E-state index in [0.29, 0.717) is 43.8 Å². The number of hydrogen-bond acceptors (Lipinski definition) is 9. The molecule has 2 aromatic rings. The van der Waals surface area contributed by atoms with Crippen molar-refractivity contribution in [3.63, 3.8) is 0 Å². The molecule has 0 aliphatic carbocycles. The fourth-order valence-electron chi connectivity index (χ4n) is 7.41. The van der Waals surface area contributed by atoms with E-state index >= 15 is 0 Å². The molecule has 4 aliphatic heterocycles. The Balaban J connectivity index is 1.11. The molecule has 0 unspecified atom stereocenters. The number of carbonyl (C=O) groups is 1. The van der Waals surface area contributed by atoms with Gasteiger partial charge < -0.3 is 24.2 Å². The highest BCUT2D eigenvalue weighted by Crippen LogP contribution is 2.39. The first-order valence-corrected chi connectivity index (χ1v) is 16.4. The average Bonchev–Trinajstić information content (AvgIpc) is 3.65. The Morgan fingerprint density at radius 3 is 2.40 bits per heavy atom. The summed E-state index contributed by atoms with van der Waals surface area (Å²) >= 11 is 0. The van der Waals surface area contributed by atoms with Crippen LogP contribution in [0.15, 0.2) is 12.3 Å². The maximum Gasteiger partial charge on any atom is 0.410 e. The summed E-state index contributed by atoms with van der Waals surface area (Å²) in [7, 11) is 0. The van der Waals surface area contributed by atoms with Gasteiger partial charge in [-0.3, -0.25) is 9.58 Å². The molecule has 0 N–H and O–H groups in total. The molecule has 0 radical (unpaired) electrons. The van der Waals surface area contributed by atoms with E-state index < -0.39 is 17.9 Å². The Morgan fingerprint density at radius 2 is 1.78 bits per heavy atom. The number of ether oxygens (including phenoxy) is 2. The lowest BCUT2D eigenvalue weighted by atomic mass is 9.83. The second kappa shape index (κ2) is 12.6. The summed E-state index contributed by atoms with van der Waals surface area (Å²) in [4.78, 5) is 29.5. The summed E-state index contributed by atoms with van der Waals surface area (Å²) in [5.41, 5.74) is 1.96. The van der Waals surface area contributed by atoms with E-state index in [9.17, 15) is 13.6 Å². The summed E-state index contributed by atoms with van der Waals surface area (Å²) < 4.78 is 41.5. The molecular weight excluding hydrogens is 582 g/mol. The fourth-order valence-corrected chi connectivity index (χ4v) is 7.41. The summed E-state index contributed by atoms with van der Waals surface area (Å²) in [6.45, 7) is 18.4. The highest BCUT2D eigenvalue weighted by molar-refractivity contribution is 5.68. The van der Waals surface area contributed by atoms with Gasteiger partial charge in [-0.05, 0) is 58.9 Å². The number of aryl methyl sites for hydroxylation is 1. The van der Waals surface area contributed by atoms with Crippen LogP contribution in [0, 0.1) is 12.8 Å². The molecule has 0 saturated carbocycles. The van der Waals surface area contributed by atoms with Gasteiger partial charge in [-0.1, -0.05) is 6.92 Å². The van der Waals surface area contributed by atoms with Crippen molar-refractivity contribution in [3.8, 4) is 0 Å². The standard InChI is InChI=1S/C32H48F2N8O3/c1-20-16-35-42(23-8-14-44-19-23)28(20)24-7-9-40(17-21(24)2)26-15-27(37-30(36-26)29(33)34)41-18-25(22(41)3)38-10-12-39(13-11-38)31(43)45-32(4,5)6/h15-16,21-25,29H,7-14,17-19H2,1-6H3/t21-,22-,23+,24-,25-/m1/s1. The maximum absolute atomic E-state index is 14.1. The first kappa shape index (κ1) is 31.9. The van der Waals surface area contributed by atoms with Gasteiger partial charge in [0.2, 0.25) is 0 Å². The molecule has 4 fully saturated rings. The summed E-state index contributed by atoms with van der Waals surface area (Å²) in [6, 6.07) is 2.51. The van der Waals surface area contributed by atoms with Crippen molar-refractivity contribution < 1.29 is 23.0 Å². The molecule has 1 amide bonds. The van der Waals surface area contributed by atoms with Gasteiger partial charge in [-0.25, -0.2) is 23.5 Å². The molecule has 0 aromatic carbocycles. The average molecular weight is 631 g/mol. The van der Waals surface area contributed by atoms with Crippen LogP contribution in [0.5, 0.6) is 0 Å². The van der Waals surface area contributed by atoms with Gasteiger partial charge in [0.25, 0.3) is 6.43 Å². The van der Waals surface area contributed by atoms with E-state index in [4.69, 9.17) is 14.6 Å².